The van der Waals surface area contributed by atoms with Gasteiger partial charge in [0.05, 0.1) is 4.90 Å². The van der Waals surface area contributed by atoms with Crippen molar-refractivity contribution in [2.24, 2.45) is 0 Å². The summed E-state index contributed by atoms with van der Waals surface area (Å²) in [7, 11) is -3.52. The molecule has 1 N–H and O–H groups in total. The first-order valence-corrected chi connectivity index (χ1v) is 8.71. The minimum Gasteiger partial charge on any atom is -0.486 e. The lowest BCUT2D eigenvalue weighted by Gasteiger charge is -2.19. The van der Waals surface area contributed by atoms with Crippen molar-refractivity contribution in [3.8, 4) is 11.5 Å². The number of sulfonamides is 1. The molecule has 1 heterocycles. The standard InChI is InChI=1S/C15H19NO4S/c17-21(18,16-11-12-4-2-1-3-5-12)13-6-7-14-15(10-13)20-9-8-19-14/h4,6-7,10,16H,1-3,5,8-9,11H2. The number of hydrogen-bond acceptors (Lipinski definition) is 4. The second kappa shape index (κ2) is 6.07. The highest BCUT2D eigenvalue weighted by atomic mass is 32.2. The molecule has 2 aliphatic rings. The smallest absolute Gasteiger partial charge is 0.240 e. The normalized spacial score (nSPS) is 18.2. The van der Waals surface area contributed by atoms with Gasteiger partial charge in [-0.15, -0.1) is 0 Å². The minimum atomic E-state index is -3.52. The molecule has 0 spiro atoms. The third-order valence-corrected chi connectivity index (χ3v) is 5.10. The maximum atomic E-state index is 12.3. The van der Waals surface area contributed by atoms with Crippen LogP contribution in [0, 0.1) is 0 Å². The predicted molar refractivity (Wildman–Crippen MR) is 79.2 cm³/mol. The molecular formula is C15H19NO4S. The molecule has 0 fully saturated rings. The molecule has 0 aromatic heterocycles. The fraction of sp³-hybridized carbons (Fsp3) is 0.467. The van der Waals surface area contributed by atoms with Crippen LogP contribution in [-0.4, -0.2) is 28.2 Å². The summed E-state index contributed by atoms with van der Waals surface area (Å²) in [6, 6.07) is 4.71. The van der Waals surface area contributed by atoms with E-state index in [-0.39, 0.29) is 4.90 Å². The number of benzene rings is 1. The van der Waals surface area contributed by atoms with Gasteiger partial charge in [-0.3, -0.25) is 0 Å². The summed E-state index contributed by atoms with van der Waals surface area (Å²) in [6.45, 7) is 1.32. The van der Waals surface area contributed by atoms with Crippen LogP contribution in [0.3, 0.4) is 0 Å². The fourth-order valence-electron chi connectivity index (χ4n) is 2.53. The Hall–Kier alpha value is -1.53. The molecule has 0 saturated carbocycles. The molecule has 0 unspecified atom stereocenters. The number of nitrogens with one attached hydrogen (secondary N) is 1. The van der Waals surface area contributed by atoms with Gasteiger partial charge in [-0.1, -0.05) is 11.6 Å². The first kappa shape index (κ1) is 14.4. The van der Waals surface area contributed by atoms with Gasteiger partial charge in [-0.2, -0.15) is 0 Å². The Morgan fingerprint density at radius 2 is 1.90 bits per heavy atom. The highest BCUT2D eigenvalue weighted by molar-refractivity contribution is 7.89. The van der Waals surface area contributed by atoms with Crippen molar-refractivity contribution < 1.29 is 17.9 Å². The second-order valence-electron chi connectivity index (χ2n) is 5.24. The lowest BCUT2D eigenvalue weighted by molar-refractivity contribution is 0.171. The van der Waals surface area contributed by atoms with Crippen molar-refractivity contribution in [1.29, 1.82) is 0 Å². The minimum absolute atomic E-state index is 0.211. The largest absolute Gasteiger partial charge is 0.486 e. The van der Waals surface area contributed by atoms with Crippen LogP contribution in [0.5, 0.6) is 11.5 Å². The van der Waals surface area contributed by atoms with Crippen LogP contribution in [-0.2, 0) is 10.0 Å². The molecule has 0 bridgehead atoms. The van der Waals surface area contributed by atoms with E-state index in [9.17, 15) is 8.42 Å². The lowest BCUT2D eigenvalue weighted by atomic mass is 10.0. The van der Waals surface area contributed by atoms with Crippen molar-refractivity contribution in [3.63, 3.8) is 0 Å². The summed E-state index contributed by atoms with van der Waals surface area (Å²) in [4.78, 5) is 0.211. The zero-order valence-corrected chi connectivity index (χ0v) is 12.6. The van der Waals surface area contributed by atoms with Gasteiger partial charge in [-0.05, 0) is 37.8 Å². The summed E-state index contributed by atoms with van der Waals surface area (Å²) < 4.78 is 38.1. The molecule has 21 heavy (non-hydrogen) atoms. The van der Waals surface area contributed by atoms with Crippen LogP contribution in [0.15, 0.2) is 34.7 Å². The third kappa shape index (κ3) is 3.39. The van der Waals surface area contributed by atoms with E-state index in [1.54, 1.807) is 12.1 Å². The Kier molecular flexibility index (Phi) is 4.17. The molecule has 6 heteroatoms. The molecule has 1 aromatic carbocycles. The molecular weight excluding hydrogens is 290 g/mol. The van der Waals surface area contributed by atoms with Gasteiger partial charge in [0.2, 0.25) is 10.0 Å². The van der Waals surface area contributed by atoms with Gasteiger partial charge < -0.3 is 9.47 Å². The monoisotopic (exact) mass is 309 g/mol. The Labute approximate surface area is 125 Å². The molecule has 0 amide bonds. The molecule has 1 aromatic rings. The zero-order chi connectivity index (χ0) is 14.7. The topological polar surface area (TPSA) is 64.6 Å². The van der Waals surface area contributed by atoms with Crippen LogP contribution in [0.2, 0.25) is 0 Å². The van der Waals surface area contributed by atoms with E-state index in [1.165, 1.54) is 18.1 Å². The van der Waals surface area contributed by atoms with Crippen molar-refractivity contribution in [3.05, 3.63) is 29.8 Å². The maximum Gasteiger partial charge on any atom is 0.240 e. The van der Waals surface area contributed by atoms with Crippen LogP contribution < -0.4 is 14.2 Å². The molecule has 114 valence electrons. The van der Waals surface area contributed by atoms with E-state index in [1.807, 2.05) is 0 Å². The van der Waals surface area contributed by atoms with Crippen molar-refractivity contribution in [2.45, 2.75) is 30.6 Å². The highest BCUT2D eigenvalue weighted by Crippen LogP contribution is 2.32. The Morgan fingerprint density at radius 3 is 2.67 bits per heavy atom. The Morgan fingerprint density at radius 1 is 1.10 bits per heavy atom. The van der Waals surface area contributed by atoms with Gasteiger partial charge in [0.15, 0.2) is 11.5 Å². The molecule has 3 rings (SSSR count). The van der Waals surface area contributed by atoms with E-state index < -0.39 is 10.0 Å². The third-order valence-electron chi connectivity index (χ3n) is 3.70. The quantitative estimate of drug-likeness (QED) is 0.866. The van der Waals surface area contributed by atoms with E-state index in [2.05, 4.69) is 10.8 Å². The maximum absolute atomic E-state index is 12.3. The van der Waals surface area contributed by atoms with Crippen molar-refractivity contribution in [1.82, 2.24) is 4.72 Å². The van der Waals surface area contributed by atoms with Gasteiger partial charge in [-0.25, -0.2) is 13.1 Å². The highest BCUT2D eigenvalue weighted by Gasteiger charge is 2.19. The summed E-state index contributed by atoms with van der Waals surface area (Å²) in [6.07, 6.45) is 6.48. The van der Waals surface area contributed by atoms with E-state index in [4.69, 9.17) is 9.47 Å². The fourth-order valence-corrected chi connectivity index (χ4v) is 3.58. The summed E-state index contributed by atoms with van der Waals surface area (Å²) in [5, 5.41) is 0. The molecule has 5 nitrogen and oxygen atoms in total. The van der Waals surface area contributed by atoms with Gasteiger partial charge in [0, 0.05) is 12.6 Å². The number of allylic oxidation sites excluding steroid dienone is 1. The first-order chi connectivity index (χ1) is 10.1. The number of ether oxygens (including phenoxy) is 2. The first-order valence-electron chi connectivity index (χ1n) is 7.22. The van der Waals surface area contributed by atoms with Crippen LogP contribution >= 0.6 is 0 Å². The number of hydrogen-bond donors (Lipinski definition) is 1. The lowest BCUT2D eigenvalue weighted by Crippen LogP contribution is -2.26. The molecule has 1 aliphatic carbocycles. The van der Waals surface area contributed by atoms with Gasteiger partial charge in [0.25, 0.3) is 0 Å². The molecule has 0 atom stereocenters. The average Bonchev–Trinajstić information content (AvgIpc) is 2.53. The molecule has 0 saturated heterocycles. The van der Waals surface area contributed by atoms with E-state index in [0.29, 0.717) is 31.3 Å². The zero-order valence-electron chi connectivity index (χ0n) is 11.8. The Balaban J connectivity index is 1.73. The van der Waals surface area contributed by atoms with Crippen LogP contribution in [0.4, 0.5) is 0 Å². The summed E-state index contributed by atoms with van der Waals surface area (Å²) in [5.74, 6) is 1.08. The van der Waals surface area contributed by atoms with E-state index >= 15 is 0 Å². The summed E-state index contributed by atoms with van der Waals surface area (Å²) >= 11 is 0. The number of fused-ring (bicyclic) bond motifs is 1. The van der Waals surface area contributed by atoms with Crippen LogP contribution in [0.25, 0.3) is 0 Å². The van der Waals surface area contributed by atoms with Crippen molar-refractivity contribution in [2.75, 3.05) is 19.8 Å². The second-order valence-corrected chi connectivity index (χ2v) is 7.01. The SMILES string of the molecule is O=S(=O)(NCC1=CCCCC1)c1ccc2c(c1)OCCO2. The van der Waals surface area contributed by atoms with Gasteiger partial charge >= 0.3 is 0 Å². The predicted octanol–water partition coefficient (Wildman–Crippen LogP) is 2.24. The van der Waals surface area contributed by atoms with E-state index in [0.717, 1.165) is 19.3 Å². The average molecular weight is 309 g/mol. The Bertz CT molecular complexity index is 652. The molecule has 1 aliphatic heterocycles. The molecule has 0 radical (unpaired) electrons. The van der Waals surface area contributed by atoms with Crippen molar-refractivity contribution >= 4 is 10.0 Å². The van der Waals surface area contributed by atoms with Gasteiger partial charge in [0.1, 0.15) is 13.2 Å². The van der Waals surface area contributed by atoms with Crippen LogP contribution in [0.1, 0.15) is 25.7 Å². The number of rotatable bonds is 4. The summed E-state index contributed by atoms with van der Waals surface area (Å²) in [5.41, 5.74) is 1.17.